The Morgan fingerprint density at radius 2 is 2.35 bits per heavy atom. The first-order valence-corrected chi connectivity index (χ1v) is 7.59. The second-order valence-electron chi connectivity index (χ2n) is 5.35. The quantitative estimate of drug-likeness (QED) is 0.892. The topological polar surface area (TPSA) is 59.4 Å². The highest BCUT2D eigenvalue weighted by atomic mass is 79.9. The molecule has 0 radical (unpaired) electrons. The van der Waals surface area contributed by atoms with Gasteiger partial charge in [0.15, 0.2) is 0 Å². The zero-order valence-electron chi connectivity index (χ0n) is 12.1. The third-order valence-electron chi connectivity index (χ3n) is 3.29. The molecule has 7 heteroatoms. The molecule has 1 atom stereocenters. The van der Waals surface area contributed by atoms with Gasteiger partial charge in [-0.25, -0.2) is 4.68 Å². The van der Waals surface area contributed by atoms with Crippen molar-refractivity contribution in [3.05, 3.63) is 21.0 Å². The lowest BCUT2D eigenvalue weighted by Gasteiger charge is -2.30. The van der Waals surface area contributed by atoms with Gasteiger partial charge in [-0.2, -0.15) is 5.10 Å². The number of nitrogens with one attached hydrogen (secondary N) is 1. The Hall–Kier alpha value is -0.920. The van der Waals surface area contributed by atoms with Gasteiger partial charge < -0.3 is 15.0 Å². The molecule has 1 aliphatic heterocycles. The molecule has 1 unspecified atom stereocenters. The number of halogens is 1. The molecule has 1 aromatic heterocycles. The number of rotatable bonds is 4. The van der Waals surface area contributed by atoms with E-state index in [0.717, 1.165) is 19.7 Å². The van der Waals surface area contributed by atoms with E-state index in [4.69, 9.17) is 4.74 Å². The molecule has 0 spiro atoms. The minimum absolute atomic E-state index is 0.0446. The molecule has 0 amide bonds. The number of hydrogen-bond acceptors (Lipinski definition) is 5. The van der Waals surface area contributed by atoms with Crippen molar-refractivity contribution in [1.29, 1.82) is 0 Å². The van der Waals surface area contributed by atoms with Gasteiger partial charge in [0.05, 0.1) is 30.6 Å². The van der Waals surface area contributed by atoms with E-state index in [-0.39, 0.29) is 17.7 Å². The van der Waals surface area contributed by atoms with E-state index in [1.165, 1.54) is 4.68 Å². The first-order valence-electron chi connectivity index (χ1n) is 6.80. The lowest BCUT2D eigenvalue weighted by molar-refractivity contribution is -0.0117. The Morgan fingerprint density at radius 1 is 1.60 bits per heavy atom. The average molecular weight is 345 g/mol. The van der Waals surface area contributed by atoms with Crippen molar-refractivity contribution in [1.82, 2.24) is 14.7 Å². The third-order valence-corrected chi connectivity index (χ3v) is 4.06. The van der Waals surface area contributed by atoms with Crippen LogP contribution in [0.1, 0.15) is 19.9 Å². The van der Waals surface area contributed by atoms with Gasteiger partial charge in [0.2, 0.25) is 0 Å². The van der Waals surface area contributed by atoms with Crippen molar-refractivity contribution in [3.63, 3.8) is 0 Å². The summed E-state index contributed by atoms with van der Waals surface area (Å²) in [7, 11) is 2.08. The summed E-state index contributed by atoms with van der Waals surface area (Å²) in [6.45, 7) is 7.12. The number of likely N-dealkylation sites (N-methyl/N-ethyl adjacent to an activating group) is 1. The molecule has 1 aromatic rings. The molecule has 0 bridgehead atoms. The number of aromatic nitrogens is 2. The summed E-state index contributed by atoms with van der Waals surface area (Å²) in [5.74, 6) is 0. The highest BCUT2D eigenvalue weighted by Crippen LogP contribution is 2.17. The largest absolute Gasteiger partial charge is 0.380 e. The van der Waals surface area contributed by atoms with E-state index in [9.17, 15) is 4.79 Å². The minimum atomic E-state index is -0.119. The van der Waals surface area contributed by atoms with Gasteiger partial charge in [0, 0.05) is 19.6 Å². The summed E-state index contributed by atoms with van der Waals surface area (Å²) in [6.07, 6.45) is 1.81. The first-order chi connectivity index (χ1) is 9.49. The van der Waals surface area contributed by atoms with Crippen LogP contribution < -0.4 is 10.9 Å². The lowest BCUT2D eigenvalue weighted by atomic mass is 10.2. The second-order valence-corrected chi connectivity index (χ2v) is 6.14. The normalized spacial score (nSPS) is 20.4. The zero-order chi connectivity index (χ0) is 14.7. The van der Waals surface area contributed by atoms with Gasteiger partial charge in [-0.3, -0.25) is 4.79 Å². The Bertz CT molecular complexity index is 518. The van der Waals surface area contributed by atoms with Crippen molar-refractivity contribution in [3.8, 4) is 0 Å². The molecule has 1 saturated heterocycles. The predicted octanol–water partition coefficient (Wildman–Crippen LogP) is 1.33. The number of anilines is 1. The minimum Gasteiger partial charge on any atom is -0.380 e. The van der Waals surface area contributed by atoms with Crippen molar-refractivity contribution < 1.29 is 4.74 Å². The van der Waals surface area contributed by atoms with Crippen molar-refractivity contribution in [2.45, 2.75) is 26.0 Å². The first kappa shape index (κ1) is 15.5. The summed E-state index contributed by atoms with van der Waals surface area (Å²) < 4.78 is 7.66. The summed E-state index contributed by atoms with van der Waals surface area (Å²) in [5.41, 5.74) is 0.593. The van der Waals surface area contributed by atoms with Gasteiger partial charge >= 0.3 is 0 Å². The number of ether oxygens (including phenoxy) is 1. The van der Waals surface area contributed by atoms with Crippen molar-refractivity contribution in [2.24, 2.45) is 0 Å². The van der Waals surface area contributed by atoms with Crippen molar-refractivity contribution in [2.75, 3.05) is 38.6 Å². The molecule has 1 fully saturated rings. The predicted molar refractivity (Wildman–Crippen MR) is 82.3 cm³/mol. The maximum Gasteiger partial charge on any atom is 0.283 e. The van der Waals surface area contributed by atoms with E-state index in [1.807, 2.05) is 13.8 Å². The molecule has 2 heterocycles. The van der Waals surface area contributed by atoms with Crippen LogP contribution in [-0.4, -0.2) is 54.1 Å². The Balaban J connectivity index is 2.03. The maximum atomic E-state index is 12.1. The van der Waals surface area contributed by atoms with Crippen molar-refractivity contribution >= 4 is 21.6 Å². The molecule has 6 nitrogen and oxygen atoms in total. The van der Waals surface area contributed by atoms with Crippen LogP contribution in [0.2, 0.25) is 0 Å². The SMILES string of the molecule is CC(C)n1ncc(NCC2CN(C)CCO2)c(Br)c1=O. The number of hydrogen-bond donors (Lipinski definition) is 1. The molecule has 1 aliphatic rings. The second kappa shape index (κ2) is 6.69. The van der Waals surface area contributed by atoms with Gasteiger partial charge in [-0.15, -0.1) is 0 Å². The molecule has 0 aliphatic carbocycles. The maximum absolute atomic E-state index is 12.1. The molecular formula is C13H21BrN4O2. The van der Waals surface area contributed by atoms with Gasteiger partial charge in [0.25, 0.3) is 5.56 Å². The highest BCUT2D eigenvalue weighted by Gasteiger charge is 2.18. The molecule has 20 heavy (non-hydrogen) atoms. The Labute approximate surface area is 127 Å². The summed E-state index contributed by atoms with van der Waals surface area (Å²) >= 11 is 3.35. The number of nitrogens with zero attached hydrogens (tertiary/aromatic N) is 3. The molecule has 2 rings (SSSR count). The monoisotopic (exact) mass is 344 g/mol. The Morgan fingerprint density at radius 3 is 3.00 bits per heavy atom. The highest BCUT2D eigenvalue weighted by molar-refractivity contribution is 9.10. The smallest absolute Gasteiger partial charge is 0.283 e. The van der Waals surface area contributed by atoms with Crippen LogP contribution in [0.3, 0.4) is 0 Å². The van der Waals surface area contributed by atoms with E-state index in [1.54, 1.807) is 6.20 Å². The lowest BCUT2D eigenvalue weighted by Crippen LogP contribution is -2.43. The fraction of sp³-hybridized carbons (Fsp3) is 0.692. The summed E-state index contributed by atoms with van der Waals surface area (Å²) in [4.78, 5) is 14.3. The third kappa shape index (κ3) is 3.59. The van der Waals surface area contributed by atoms with Crippen LogP contribution in [0.4, 0.5) is 5.69 Å². The standard InChI is InChI=1S/C13H21BrN4O2/c1-9(2)18-13(19)12(14)11(7-16-18)15-6-10-8-17(3)4-5-20-10/h7,9-10,15H,4-6,8H2,1-3H3. The van der Waals surface area contributed by atoms with Gasteiger partial charge in [-0.05, 0) is 36.8 Å². The van der Waals surface area contributed by atoms with E-state index in [0.29, 0.717) is 16.7 Å². The average Bonchev–Trinajstić information content (AvgIpc) is 2.40. The van der Waals surface area contributed by atoms with Gasteiger partial charge in [-0.1, -0.05) is 0 Å². The summed E-state index contributed by atoms with van der Waals surface area (Å²) in [5, 5.41) is 7.41. The molecule has 1 N–H and O–H groups in total. The molecule has 0 saturated carbocycles. The van der Waals surface area contributed by atoms with Crippen LogP contribution in [0.25, 0.3) is 0 Å². The van der Waals surface area contributed by atoms with Crippen LogP contribution in [0, 0.1) is 0 Å². The molecule has 0 aromatic carbocycles. The van der Waals surface area contributed by atoms with E-state index >= 15 is 0 Å². The number of morpholine rings is 1. The van der Waals surface area contributed by atoms with Crippen LogP contribution in [0.15, 0.2) is 15.5 Å². The van der Waals surface area contributed by atoms with Crippen LogP contribution in [0.5, 0.6) is 0 Å². The van der Waals surface area contributed by atoms with Gasteiger partial charge in [0.1, 0.15) is 4.47 Å². The van der Waals surface area contributed by atoms with E-state index in [2.05, 4.69) is 38.3 Å². The Kier molecular flexibility index (Phi) is 5.17. The fourth-order valence-corrected chi connectivity index (χ4v) is 2.57. The zero-order valence-corrected chi connectivity index (χ0v) is 13.7. The summed E-state index contributed by atoms with van der Waals surface area (Å²) in [6, 6.07) is 0.0446. The van der Waals surface area contributed by atoms with Crippen LogP contribution >= 0.6 is 15.9 Å². The van der Waals surface area contributed by atoms with E-state index < -0.39 is 0 Å². The molecular weight excluding hydrogens is 324 g/mol. The van der Waals surface area contributed by atoms with Crippen LogP contribution in [-0.2, 0) is 4.74 Å². The molecule has 112 valence electrons. The fourth-order valence-electron chi connectivity index (χ4n) is 2.15.